The monoisotopic (exact) mass is 456 g/mol. The van der Waals surface area contributed by atoms with Gasteiger partial charge in [0.05, 0.1) is 52.4 Å². The Hall–Kier alpha value is -3.88. The lowest BCUT2D eigenvalue weighted by Gasteiger charge is -2.30. The van der Waals surface area contributed by atoms with E-state index >= 15 is 0 Å². The van der Waals surface area contributed by atoms with E-state index < -0.39 is 18.0 Å². The van der Waals surface area contributed by atoms with Gasteiger partial charge < -0.3 is 34.3 Å². The molecule has 1 aliphatic rings. The lowest BCUT2D eigenvalue weighted by Crippen LogP contribution is -2.45. The van der Waals surface area contributed by atoms with Crippen molar-refractivity contribution in [2.45, 2.75) is 19.4 Å². The number of benzene rings is 2. The summed E-state index contributed by atoms with van der Waals surface area (Å²) in [5.74, 6) is 1.34. The van der Waals surface area contributed by atoms with E-state index in [9.17, 15) is 9.59 Å². The molecule has 0 saturated heterocycles. The third-order valence-corrected chi connectivity index (χ3v) is 5.12. The molecule has 1 heterocycles. The van der Waals surface area contributed by atoms with Gasteiger partial charge in [-0.25, -0.2) is 9.59 Å². The smallest absolute Gasteiger partial charge is 0.338 e. The minimum atomic E-state index is -0.827. The zero-order valence-electron chi connectivity index (χ0n) is 19.3. The van der Waals surface area contributed by atoms with Crippen LogP contribution in [0.15, 0.2) is 42.0 Å². The van der Waals surface area contributed by atoms with Gasteiger partial charge in [0.15, 0.2) is 11.5 Å². The maximum Gasteiger partial charge on any atom is 0.338 e. The number of methoxy groups -OCH3 is 4. The first-order valence-electron chi connectivity index (χ1n) is 10.4. The Kier molecular flexibility index (Phi) is 7.66. The SMILES string of the molecule is CCCOc1c(OC)cc(C2NC(=O)NC(c3ccc(OC)cc3)=C2C(=O)OC)cc1OC. The minimum Gasteiger partial charge on any atom is -0.497 e. The van der Waals surface area contributed by atoms with Crippen LogP contribution < -0.4 is 29.6 Å². The molecule has 3 rings (SSSR count). The summed E-state index contributed by atoms with van der Waals surface area (Å²) < 4.78 is 27.1. The van der Waals surface area contributed by atoms with Crippen molar-refractivity contribution in [1.82, 2.24) is 10.6 Å². The molecule has 0 aromatic heterocycles. The van der Waals surface area contributed by atoms with Crippen molar-refractivity contribution in [3.63, 3.8) is 0 Å². The molecular weight excluding hydrogens is 428 g/mol. The molecule has 2 amide bonds. The summed E-state index contributed by atoms with van der Waals surface area (Å²) in [6, 6.07) is 9.11. The molecule has 1 aliphatic heterocycles. The van der Waals surface area contributed by atoms with Gasteiger partial charge in [0.1, 0.15) is 5.75 Å². The van der Waals surface area contributed by atoms with E-state index in [2.05, 4.69) is 10.6 Å². The lowest BCUT2D eigenvalue weighted by atomic mass is 9.92. The summed E-state index contributed by atoms with van der Waals surface area (Å²) in [5, 5.41) is 5.53. The van der Waals surface area contributed by atoms with Crippen molar-refractivity contribution in [3.8, 4) is 23.0 Å². The molecule has 0 saturated carbocycles. The molecule has 9 heteroatoms. The molecule has 0 bridgehead atoms. The van der Waals surface area contributed by atoms with Crippen LogP contribution in [0.5, 0.6) is 23.0 Å². The lowest BCUT2D eigenvalue weighted by molar-refractivity contribution is -0.136. The second-order valence-electron chi connectivity index (χ2n) is 7.14. The molecule has 176 valence electrons. The maximum atomic E-state index is 12.9. The average Bonchev–Trinajstić information content (AvgIpc) is 2.85. The number of urea groups is 1. The molecule has 33 heavy (non-hydrogen) atoms. The van der Waals surface area contributed by atoms with Crippen molar-refractivity contribution in [2.24, 2.45) is 0 Å². The molecule has 0 fully saturated rings. The van der Waals surface area contributed by atoms with E-state index in [0.717, 1.165) is 6.42 Å². The normalized spacial score (nSPS) is 15.3. The number of nitrogens with one attached hydrogen (secondary N) is 2. The second-order valence-corrected chi connectivity index (χ2v) is 7.14. The van der Waals surface area contributed by atoms with Gasteiger partial charge in [0.2, 0.25) is 5.75 Å². The van der Waals surface area contributed by atoms with Crippen molar-refractivity contribution >= 4 is 17.7 Å². The van der Waals surface area contributed by atoms with Gasteiger partial charge in [-0.3, -0.25) is 0 Å². The number of carbonyl (C=O) groups excluding carboxylic acids is 2. The molecule has 0 radical (unpaired) electrons. The van der Waals surface area contributed by atoms with Crippen molar-refractivity contribution in [3.05, 3.63) is 53.1 Å². The predicted octanol–water partition coefficient (Wildman–Crippen LogP) is 3.44. The molecule has 2 aromatic rings. The number of esters is 1. The fourth-order valence-electron chi connectivity index (χ4n) is 3.54. The largest absolute Gasteiger partial charge is 0.497 e. The van der Waals surface area contributed by atoms with Gasteiger partial charge >= 0.3 is 12.0 Å². The third kappa shape index (κ3) is 4.97. The zero-order chi connectivity index (χ0) is 24.0. The highest BCUT2D eigenvalue weighted by molar-refractivity contribution is 6.04. The minimum absolute atomic E-state index is 0.230. The van der Waals surface area contributed by atoms with Crippen molar-refractivity contribution in [2.75, 3.05) is 35.0 Å². The van der Waals surface area contributed by atoms with Gasteiger partial charge in [0, 0.05) is 0 Å². The fraction of sp³-hybridized carbons (Fsp3) is 0.333. The Morgan fingerprint density at radius 2 is 1.61 bits per heavy atom. The standard InChI is InChI=1S/C24H28N2O7/c1-6-11-33-22-17(30-3)12-15(13-18(22)31-4)21-19(23(27)32-5)20(25-24(28)26-21)14-7-9-16(29-2)10-8-14/h7-10,12-13,21H,6,11H2,1-5H3,(H2,25,26,28). The van der Waals surface area contributed by atoms with Gasteiger partial charge in [-0.05, 0) is 53.9 Å². The molecular formula is C24H28N2O7. The molecule has 1 unspecified atom stereocenters. The Balaban J connectivity index is 2.18. The first kappa shape index (κ1) is 23.8. The number of rotatable bonds is 9. The highest BCUT2D eigenvalue weighted by atomic mass is 16.5. The summed E-state index contributed by atoms with van der Waals surface area (Å²) in [5.41, 5.74) is 1.75. The number of hydrogen-bond acceptors (Lipinski definition) is 7. The summed E-state index contributed by atoms with van der Waals surface area (Å²) >= 11 is 0. The zero-order valence-corrected chi connectivity index (χ0v) is 19.3. The van der Waals surface area contributed by atoms with Crippen LogP contribution in [0.3, 0.4) is 0 Å². The van der Waals surface area contributed by atoms with Crippen LogP contribution >= 0.6 is 0 Å². The predicted molar refractivity (Wildman–Crippen MR) is 122 cm³/mol. The summed E-state index contributed by atoms with van der Waals surface area (Å²) in [6.07, 6.45) is 0.804. The second kappa shape index (κ2) is 10.6. The van der Waals surface area contributed by atoms with Crippen LogP contribution in [0.1, 0.15) is 30.5 Å². The van der Waals surface area contributed by atoms with Crippen LogP contribution in [0, 0.1) is 0 Å². The van der Waals surface area contributed by atoms with E-state index in [1.54, 1.807) is 43.5 Å². The molecule has 0 aliphatic carbocycles. The number of ether oxygens (including phenoxy) is 5. The molecule has 0 spiro atoms. The summed E-state index contributed by atoms with van der Waals surface area (Å²) in [7, 11) is 5.87. The molecule has 2 N–H and O–H groups in total. The van der Waals surface area contributed by atoms with Gasteiger partial charge in [-0.2, -0.15) is 0 Å². The molecule has 2 aromatic carbocycles. The van der Waals surface area contributed by atoms with Crippen LogP contribution in [-0.4, -0.2) is 47.0 Å². The van der Waals surface area contributed by atoms with Gasteiger partial charge in [0.25, 0.3) is 0 Å². The Labute approximate surface area is 192 Å². The number of hydrogen-bond donors (Lipinski definition) is 2. The highest BCUT2D eigenvalue weighted by Gasteiger charge is 2.35. The van der Waals surface area contributed by atoms with E-state index in [1.807, 2.05) is 6.92 Å². The maximum absolute atomic E-state index is 12.9. The van der Waals surface area contributed by atoms with E-state index in [0.29, 0.717) is 46.4 Å². The Morgan fingerprint density at radius 3 is 2.12 bits per heavy atom. The van der Waals surface area contributed by atoms with E-state index in [4.69, 9.17) is 23.7 Å². The quantitative estimate of drug-likeness (QED) is 0.557. The third-order valence-electron chi connectivity index (χ3n) is 5.12. The first-order chi connectivity index (χ1) is 16.0. The Bertz CT molecular complexity index is 1020. The fourth-order valence-corrected chi connectivity index (χ4v) is 3.54. The van der Waals surface area contributed by atoms with Gasteiger partial charge in [-0.1, -0.05) is 6.92 Å². The van der Waals surface area contributed by atoms with E-state index in [1.165, 1.54) is 21.3 Å². The summed E-state index contributed by atoms with van der Waals surface area (Å²) in [4.78, 5) is 25.5. The summed E-state index contributed by atoms with van der Waals surface area (Å²) in [6.45, 7) is 2.47. The van der Waals surface area contributed by atoms with E-state index in [-0.39, 0.29) is 5.57 Å². The topological polar surface area (TPSA) is 104 Å². The Morgan fingerprint density at radius 1 is 0.970 bits per heavy atom. The van der Waals surface area contributed by atoms with Crippen LogP contribution in [0.25, 0.3) is 5.70 Å². The molecule has 9 nitrogen and oxygen atoms in total. The van der Waals surface area contributed by atoms with Crippen molar-refractivity contribution in [1.29, 1.82) is 0 Å². The number of amides is 2. The highest BCUT2D eigenvalue weighted by Crippen LogP contribution is 2.42. The van der Waals surface area contributed by atoms with Crippen LogP contribution in [0.2, 0.25) is 0 Å². The number of carbonyl (C=O) groups is 2. The van der Waals surface area contributed by atoms with Crippen LogP contribution in [0.4, 0.5) is 4.79 Å². The van der Waals surface area contributed by atoms with Crippen molar-refractivity contribution < 1.29 is 33.3 Å². The van der Waals surface area contributed by atoms with Crippen LogP contribution in [-0.2, 0) is 9.53 Å². The first-order valence-corrected chi connectivity index (χ1v) is 10.4. The van der Waals surface area contributed by atoms with Gasteiger partial charge in [-0.15, -0.1) is 0 Å². The average molecular weight is 456 g/mol. The molecule has 1 atom stereocenters.